The molecule has 2 unspecified atom stereocenters. The summed E-state index contributed by atoms with van der Waals surface area (Å²) in [6.07, 6.45) is -1.80. The lowest BCUT2D eigenvalue weighted by Gasteiger charge is -2.36. The van der Waals surface area contributed by atoms with Crippen LogP contribution in [0.4, 0.5) is 24.8 Å². The number of alkyl halides is 3. The Hall–Kier alpha value is -1.54. The molecule has 2 rings (SSSR count). The number of nitrogens with two attached hydrogens (primary N) is 1. The first-order chi connectivity index (χ1) is 9.82. The molecule has 4 N–H and O–H groups in total. The van der Waals surface area contributed by atoms with Gasteiger partial charge in [0, 0.05) is 7.05 Å². The summed E-state index contributed by atoms with van der Waals surface area (Å²) in [5.74, 6) is 5.27. The van der Waals surface area contributed by atoms with Crippen LogP contribution < -0.4 is 16.2 Å². The highest BCUT2D eigenvalue weighted by molar-refractivity contribution is 5.51. The molecule has 0 radical (unpaired) electrons. The number of aromatic nitrogens is 1. The molecule has 1 heterocycles. The molecule has 0 saturated heterocycles. The van der Waals surface area contributed by atoms with Crippen molar-refractivity contribution in [3.8, 4) is 0 Å². The van der Waals surface area contributed by atoms with E-state index in [1.54, 1.807) is 11.9 Å². The number of aliphatic hydroxyl groups is 1. The summed E-state index contributed by atoms with van der Waals surface area (Å²) in [5.41, 5.74) is 1.33. The predicted octanol–water partition coefficient (Wildman–Crippen LogP) is 2.13. The Bertz CT molecular complexity index is 495. The smallest absolute Gasteiger partial charge is 0.391 e. The van der Waals surface area contributed by atoms with Crippen molar-refractivity contribution in [2.45, 2.75) is 44.0 Å². The Kier molecular flexibility index (Phi) is 4.58. The number of nitrogens with one attached hydrogen (secondary N) is 1. The van der Waals surface area contributed by atoms with Crippen LogP contribution in [0.25, 0.3) is 0 Å². The number of nitrogen functional groups attached to an aromatic ring is 1. The van der Waals surface area contributed by atoms with Gasteiger partial charge in [0.2, 0.25) is 0 Å². The zero-order valence-electron chi connectivity index (χ0n) is 11.7. The number of hydrogen-bond donors (Lipinski definition) is 3. The lowest BCUT2D eigenvalue weighted by molar-refractivity contribution is -0.137. The molecule has 1 saturated carbocycles. The molecule has 0 spiro atoms. The van der Waals surface area contributed by atoms with Gasteiger partial charge in [-0.1, -0.05) is 12.8 Å². The topological polar surface area (TPSA) is 74.4 Å². The highest BCUT2D eigenvalue weighted by Crippen LogP contribution is 2.34. The molecule has 1 aliphatic carbocycles. The molecule has 1 fully saturated rings. The van der Waals surface area contributed by atoms with E-state index in [9.17, 15) is 18.3 Å². The fourth-order valence-corrected chi connectivity index (χ4v) is 2.65. The standard InChI is InChI=1S/C13H19F3N4O/c1-20(9-4-2-3-5-10(9)21)12-7-8(13(14,15)16)6-11(18-12)19-17/h6-7,9-10,21H,2-5,17H2,1H3,(H,18,19). The van der Waals surface area contributed by atoms with E-state index in [4.69, 9.17) is 5.84 Å². The van der Waals surface area contributed by atoms with Crippen LogP contribution in [-0.4, -0.2) is 29.3 Å². The summed E-state index contributed by atoms with van der Waals surface area (Å²) in [6.45, 7) is 0. The van der Waals surface area contributed by atoms with Gasteiger partial charge in [-0.15, -0.1) is 0 Å². The molecule has 5 nitrogen and oxygen atoms in total. The molecule has 0 aromatic carbocycles. The maximum atomic E-state index is 12.9. The average molecular weight is 304 g/mol. The SMILES string of the molecule is CN(c1cc(C(F)(F)F)cc(NN)n1)C1CCCCC1O. The van der Waals surface area contributed by atoms with Crippen molar-refractivity contribution < 1.29 is 18.3 Å². The van der Waals surface area contributed by atoms with Crippen LogP contribution in [0.2, 0.25) is 0 Å². The van der Waals surface area contributed by atoms with Gasteiger partial charge in [-0.25, -0.2) is 10.8 Å². The molecule has 21 heavy (non-hydrogen) atoms. The lowest BCUT2D eigenvalue weighted by atomic mass is 9.91. The zero-order chi connectivity index (χ0) is 15.6. The van der Waals surface area contributed by atoms with Crippen LogP contribution >= 0.6 is 0 Å². The number of anilines is 2. The van der Waals surface area contributed by atoms with Crippen LogP contribution in [0.3, 0.4) is 0 Å². The minimum absolute atomic E-state index is 0.0584. The first-order valence-corrected chi connectivity index (χ1v) is 6.79. The number of likely N-dealkylation sites (N-methyl/N-ethyl adjacent to an activating group) is 1. The number of aliphatic hydroxyl groups excluding tert-OH is 1. The minimum Gasteiger partial charge on any atom is -0.391 e. The maximum absolute atomic E-state index is 12.9. The van der Waals surface area contributed by atoms with Crippen LogP contribution in [-0.2, 0) is 6.18 Å². The van der Waals surface area contributed by atoms with Gasteiger partial charge in [-0.3, -0.25) is 0 Å². The summed E-state index contributed by atoms with van der Waals surface area (Å²) in [7, 11) is 1.64. The van der Waals surface area contributed by atoms with Crippen molar-refractivity contribution in [2.75, 3.05) is 17.4 Å². The minimum atomic E-state index is -4.48. The van der Waals surface area contributed by atoms with E-state index >= 15 is 0 Å². The molecular weight excluding hydrogens is 285 g/mol. The highest BCUT2D eigenvalue weighted by atomic mass is 19.4. The summed E-state index contributed by atoms with van der Waals surface area (Å²) >= 11 is 0. The molecular formula is C13H19F3N4O. The second-order valence-electron chi connectivity index (χ2n) is 5.27. The third-order valence-corrected chi connectivity index (χ3v) is 3.84. The largest absolute Gasteiger partial charge is 0.416 e. The average Bonchev–Trinajstić information content (AvgIpc) is 2.45. The molecule has 0 bridgehead atoms. The molecule has 2 atom stereocenters. The van der Waals surface area contributed by atoms with Gasteiger partial charge in [-0.2, -0.15) is 13.2 Å². The van der Waals surface area contributed by atoms with Gasteiger partial charge in [0.05, 0.1) is 17.7 Å². The summed E-state index contributed by atoms with van der Waals surface area (Å²) in [6, 6.07) is 1.59. The summed E-state index contributed by atoms with van der Waals surface area (Å²) < 4.78 is 38.7. The van der Waals surface area contributed by atoms with E-state index in [1.807, 2.05) is 0 Å². The molecule has 1 aliphatic rings. The number of halogens is 3. The Morgan fingerprint density at radius 2 is 2.00 bits per heavy atom. The van der Waals surface area contributed by atoms with Gasteiger partial charge in [0.15, 0.2) is 0 Å². The Balaban J connectivity index is 2.33. The predicted molar refractivity (Wildman–Crippen MR) is 73.7 cm³/mol. The van der Waals surface area contributed by atoms with Crippen molar-refractivity contribution in [1.82, 2.24) is 4.98 Å². The van der Waals surface area contributed by atoms with Crippen LogP contribution in [0, 0.1) is 0 Å². The molecule has 0 aliphatic heterocycles. The monoisotopic (exact) mass is 304 g/mol. The van der Waals surface area contributed by atoms with E-state index in [1.165, 1.54) is 0 Å². The Labute approximate surface area is 120 Å². The maximum Gasteiger partial charge on any atom is 0.416 e. The first-order valence-electron chi connectivity index (χ1n) is 6.79. The van der Waals surface area contributed by atoms with E-state index in [2.05, 4.69) is 10.4 Å². The fourth-order valence-electron chi connectivity index (χ4n) is 2.65. The number of hydrazine groups is 1. The molecule has 8 heteroatoms. The molecule has 118 valence electrons. The number of hydrogen-bond acceptors (Lipinski definition) is 5. The van der Waals surface area contributed by atoms with Crippen molar-refractivity contribution in [2.24, 2.45) is 5.84 Å². The van der Waals surface area contributed by atoms with Gasteiger partial charge < -0.3 is 15.4 Å². The Morgan fingerprint density at radius 3 is 2.57 bits per heavy atom. The lowest BCUT2D eigenvalue weighted by Crippen LogP contribution is -2.44. The van der Waals surface area contributed by atoms with Gasteiger partial charge in [-0.05, 0) is 25.0 Å². The van der Waals surface area contributed by atoms with Gasteiger partial charge in [0.25, 0.3) is 0 Å². The van der Waals surface area contributed by atoms with E-state index in [0.717, 1.165) is 31.4 Å². The second kappa shape index (κ2) is 6.07. The van der Waals surface area contributed by atoms with Gasteiger partial charge >= 0.3 is 6.18 Å². The van der Waals surface area contributed by atoms with Crippen LogP contribution in [0.5, 0.6) is 0 Å². The third kappa shape index (κ3) is 3.56. The van der Waals surface area contributed by atoms with Crippen molar-refractivity contribution in [3.05, 3.63) is 17.7 Å². The quantitative estimate of drug-likeness (QED) is 0.589. The third-order valence-electron chi connectivity index (χ3n) is 3.84. The number of nitrogens with zero attached hydrogens (tertiary/aromatic N) is 2. The molecule has 1 aromatic heterocycles. The first kappa shape index (κ1) is 15.8. The van der Waals surface area contributed by atoms with E-state index in [-0.39, 0.29) is 17.7 Å². The van der Waals surface area contributed by atoms with Crippen molar-refractivity contribution >= 4 is 11.6 Å². The van der Waals surface area contributed by atoms with Gasteiger partial charge in [0.1, 0.15) is 11.6 Å². The van der Waals surface area contributed by atoms with Crippen LogP contribution in [0.1, 0.15) is 31.2 Å². The second-order valence-corrected chi connectivity index (χ2v) is 5.27. The summed E-state index contributed by atoms with van der Waals surface area (Å²) in [5, 5.41) is 10.0. The van der Waals surface area contributed by atoms with E-state index < -0.39 is 17.8 Å². The fraction of sp³-hybridized carbons (Fsp3) is 0.615. The number of rotatable bonds is 3. The Morgan fingerprint density at radius 1 is 1.33 bits per heavy atom. The normalized spacial score (nSPS) is 23.0. The molecule has 1 aromatic rings. The van der Waals surface area contributed by atoms with Crippen molar-refractivity contribution in [3.63, 3.8) is 0 Å². The summed E-state index contributed by atoms with van der Waals surface area (Å²) in [4.78, 5) is 5.65. The molecule has 0 amide bonds. The van der Waals surface area contributed by atoms with E-state index in [0.29, 0.717) is 6.42 Å². The highest BCUT2D eigenvalue weighted by Gasteiger charge is 2.33. The zero-order valence-corrected chi connectivity index (χ0v) is 11.7. The number of pyridine rings is 1. The van der Waals surface area contributed by atoms with Crippen molar-refractivity contribution in [1.29, 1.82) is 0 Å². The van der Waals surface area contributed by atoms with Crippen LogP contribution in [0.15, 0.2) is 12.1 Å².